The van der Waals surface area contributed by atoms with Crippen molar-refractivity contribution < 1.29 is 0 Å². The molecule has 1 saturated heterocycles. The van der Waals surface area contributed by atoms with Gasteiger partial charge in [0.1, 0.15) is 0 Å². The Bertz CT molecular complexity index is 230. The van der Waals surface area contributed by atoms with Crippen molar-refractivity contribution in [2.24, 2.45) is 16.6 Å². The Morgan fingerprint density at radius 3 is 2.56 bits per heavy atom. The van der Waals surface area contributed by atoms with Gasteiger partial charge in [0.05, 0.1) is 0 Å². The van der Waals surface area contributed by atoms with Gasteiger partial charge in [0, 0.05) is 31.1 Å². The molecule has 0 bridgehead atoms. The molecule has 0 radical (unpaired) electrons. The van der Waals surface area contributed by atoms with Crippen LogP contribution in [-0.2, 0) is 0 Å². The fourth-order valence-electron chi connectivity index (χ4n) is 2.03. The lowest BCUT2D eigenvalue weighted by molar-refractivity contribution is 0.437. The Morgan fingerprint density at radius 2 is 2.00 bits per heavy atom. The normalized spacial score (nSPS) is 18.3. The SMILES string of the molecule is CCCCC(CC)CN=C(N)N1CCSCC1.I. The Morgan fingerprint density at radius 1 is 1.33 bits per heavy atom. The lowest BCUT2D eigenvalue weighted by Crippen LogP contribution is -2.42. The lowest BCUT2D eigenvalue weighted by atomic mass is 10.00. The summed E-state index contributed by atoms with van der Waals surface area (Å²) < 4.78 is 0. The maximum atomic E-state index is 6.05. The molecule has 1 aliphatic rings. The van der Waals surface area contributed by atoms with Crippen molar-refractivity contribution in [3.63, 3.8) is 0 Å². The summed E-state index contributed by atoms with van der Waals surface area (Å²) in [4.78, 5) is 6.81. The zero-order valence-electron chi connectivity index (χ0n) is 11.7. The third-order valence-electron chi connectivity index (χ3n) is 3.39. The first-order valence-electron chi connectivity index (χ1n) is 6.90. The molecule has 2 N–H and O–H groups in total. The maximum absolute atomic E-state index is 6.05. The van der Waals surface area contributed by atoms with Crippen LogP contribution in [0.1, 0.15) is 39.5 Å². The van der Waals surface area contributed by atoms with Crippen molar-refractivity contribution in [2.45, 2.75) is 39.5 Å². The van der Waals surface area contributed by atoms with E-state index in [0.717, 1.165) is 25.6 Å². The van der Waals surface area contributed by atoms with Gasteiger partial charge in [-0.2, -0.15) is 11.8 Å². The number of unbranched alkanes of at least 4 members (excludes halogenated alkanes) is 1. The first kappa shape index (κ1) is 18.4. The largest absolute Gasteiger partial charge is 0.370 e. The van der Waals surface area contributed by atoms with Gasteiger partial charge in [0.2, 0.25) is 0 Å². The third kappa shape index (κ3) is 7.07. The molecule has 0 amide bonds. The second-order valence-electron chi connectivity index (χ2n) is 4.71. The molecule has 1 fully saturated rings. The van der Waals surface area contributed by atoms with Crippen LogP contribution in [0, 0.1) is 5.92 Å². The molecule has 1 atom stereocenters. The number of thioether (sulfide) groups is 1. The fraction of sp³-hybridized carbons (Fsp3) is 0.923. The van der Waals surface area contributed by atoms with Crippen LogP contribution in [0.2, 0.25) is 0 Å². The van der Waals surface area contributed by atoms with E-state index in [9.17, 15) is 0 Å². The van der Waals surface area contributed by atoms with Gasteiger partial charge in [0.25, 0.3) is 0 Å². The van der Waals surface area contributed by atoms with Crippen LogP contribution in [0.3, 0.4) is 0 Å². The van der Waals surface area contributed by atoms with Gasteiger partial charge < -0.3 is 10.6 Å². The molecule has 0 aromatic rings. The van der Waals surface area contributed by atoms with Crippen molar-refractivity contribution in [1.29, 1.82) is 0 Å². The molecule has 0 aromatic heterocycles. The van der Waals surface area contributed by atoms with Crippen molar-refractivity contribution in [2.75, 3.05) is 31.1 Å². The Labute approximate surface area is 133 Å². The first-order valence-corrected chi connectivity index (χ1v) is 8.06. The predicted octanol–water partition coefficient (Wildman–Crippen LogP) is 3.18. The summed E-state index contributed by atoms with van der Waals surface area (Å²) in [5.74, 6) is 3.85. The number of hydrogen-bond acceptors (Lipinski definition) is 2. The summed E-state index contributed by atoms with van der Waals surface area (Å²) >= 11 is 2.00. The number of aliphatic imine (C=N–C) groups is 1. The van der Waals surface area contributed by atoms with E-state index in [-0.39, 0.29) is 24.0 Å². The highest BCUT2D eigenvalue weighted by atomic mass is 127. The summed E-state index contributed by atoms with van der Waals surface area (Å²) in [5, 5.41) is 0. The minimum atomic E-state index is 0. The van der Waals surface area contributed by atoms with Gasteiger partial charge in [-0.3, -0.25) is 4.99 Å². The first-order chi connectivity index (χ1) is 8.27. The highest BCUT2D eigenvalue weighted by molar-refractivity contribution is 14.0. The van der Waals surface area contributed by atoms with Crippen LogP contribution in [0.15, 0.2) is 4.99 Å². The van der Waals surface area contributed by atoms with Gasteiger partial charge >= 0.3 is 0 Å². The van der Waals surface area contributed by atoms with Crippen molar-refractivity contribution in [1.82, 2.24) is 4.90 Å². The molecule has 108 valence electrons. The zero-order valence-corrected chi connectivity index (χ0v) is 14.9. The smallest absolute Gasteiger partial charge is 0.191 e. The lowest BCUT2D eigenvalue weighted by Gasteiger charge is -2.27. The molecule has 0 aromatic carbocycles. The van der Waals surface area contributed by atoms with E-state index < -0.39 is 0 Å². The van der Waals surface area contributed by atoms with Crippen LogP contribution >= 0.6 is 35.7 Å². The molecule has 1 unspecified atom stereocenters. The summed E-state index contributed by atoms with van der Waals surface area (Å²) in [6.45, 7) is 7.53. The van der Waals surface area contributed by atoms with Crippen LogP contribution < -0.4 is 5.73 Å². The predicted molar refractivity (Wildman–Crippen MR) is 94.1 cm³/mol. The number of rotatable bonds is 6. The van der Waals surface area contributed by atoms with Gasteiger partial charge in [0.15, 0.2) is 5.96 Å². The molecule has 1 heterocycles. The molecular formula is C13H28IN3S. The van der Waals surface area contributed by atoms with Crippen LogP contribution in [-0.4, -0.2) is 42.0 Å². The summed E-state index contributed by atoms with van der Waals surface area (Å²) in [6, 6.07) is 0. The molecule has 0 spiro atoms. The van der Waals surface area contributed by atoms with Gasteiger partial charge in [-0.05, 0) is 12.3 Å². The van der Waals surface area contributed by atoms with Crippen molar-refractivity contribution in [3.8, 4) is 0 Å². The van der Waals surface area contributed by atoms with E-state index >= 15 is 0 Å². The second-order valence-corrected chi connectivity index (χ2v) is 5.94. The second kappa shape index (κ2) is 11.2. The molecule has 1 aliphatic heterocycles. The quantitative estimate of drug-likeness (QED) is 0.434. The van der Waals surface area contributed by atoms with Gasteiger partial charge in [-0.1, -0.05) is 33.1 Å². The summed E-state index contributed by atoms with van der Waals surface area (Å²) in [6.07, 6.45) is 5.10. The van der Waals surface area contributed by atoms with E-state index in [1.165, 1.54) is 37.2 Å². The highest BCUT2D eigenvalue weighted by Crippen LogP contribution is 2.13. The number of hydrogen-bond donors (Lipinski definition) is 1. The van der Waals surface area contributed by atoms with E-state index in [2.05, 4.69) is 23.7 Å². The Hall–Kier alpha value is 0.350. The molecule has 18 heavy (non-hydrogen) atoms. The molecule has 3 nitrogen and oxygen atoms in total. The third-order valence-corrected chi connectivity index (χ3v) is 4.33. The average Bonchev–Trinajstić information content (AvgIpc) is 2.39. The van der Waals surface area contributed by atoms with Crippen LogP contribution in [0.4, 0.5) is 0 Å². The highest BCUT2D eigenvalue weighted by Gasteiger charge is 2.12. The standard InChI is InChI=1S/C13H27N3S.HI/c1-3-5-6-12(4-2)11-15-13(14)16-7-9-17-10-8-16;/h12H,3-11H2,1-2H3,(H2,14,15);1H. The number of nitrogens with zero attached hydrogens (tertiary/aromatic N) is 2. The van der Waals surface area contributed by atoms with Crippen molar-refractivity contribution in [3.05, 3.63) is 0 Å². The summed E-state index contributed by atoms with van der Waals surface area (Å²) in [7, 11) is 0. The van der Waals surface area contributed by atoms with Gasteiger partial charge in [-0.15, -0.1) is 24.0 Å². The van der Waals surface area contributed by atoms with Crippen LogP contribution in [0.5, 0.6) is 0 Å². The van der Waals surface area contributed by atoms with E-state index in [4.69, 9.17) is 5.73 Å². The molecule has 1 rings (SSSR count). The minimum absolute atomic E-state index is 0. The maximum Gasteiger partial charge on any atom is 0.191 e. The fourth-order valence-corrected chi connectivity index (χ4v) is 2.94. The van der Waals surface area contributed by atoms with Crippen LogP contribution in [0.25, 0.3) is 0 Å². The number of nitrogens with two attached hydrogens (primary N) is 1. The monoisotopic (exact) mass is 385 g/mol. The van der Waals surface area contributed by atoms with Gasteiger partial charge in [-0.25, -0.2) is 0 Å². The summed E-state index contributed by atoms with van der Waals surface area (Å²) in [5.41, 5.74) is 6.05. The topological polar surface area (TPSA) is 41.6 Å². The number of halogens is 1. The average molecular weight is 385 g/mol. The van der Waals surface area contributed by atoms with E-state index in [1.54, 1.807) is 0 Å². The minimum Gasteiger partial charge on any atom is -0.370 e. The van der Waals surface area contributed by atoms with E-state index in [0.29, 0.717) is 5.92 Å². The Kier molecular flexibility index (Phi) is 11.4. The van der Waals surface area contributed by atoms with E-state index in [1.807, 2.05) is 11.8 Å². The zero-order chi connectivity index (χ0) is 12.5. The molecule has 0 saturated carbocycles. The van der Waals surface area contributed by atoms with Crippen molar-refractivity contribution >= 4 is 41.7 Å². The number of guanidine groups is 1. The molecule has 0 aliphatic carbocycles. The molecular weight excluding hydrogens is 357 g/mol. The Balaban J connectivity index is 0.00000289. The molecule has 5 heteroatoms.